The highest BCUT2D eigenvalue weighted by Gasteiger charge is 2.06. The fourth-order valence-corrected chi connectivity index (χ4v) is 0.692. The van der Waals surface area contributed by atoms with Crippen molar-refractivity contribution < 1.29 is 4.74 Å². The zero-order valence-corrected chi connectivity index (χ0v) is 5.92. The molecule has 0 unspecified atom stereocenters. The first-order valence-electron chi connectivity index (χ1n) is 3.06. The number of nitrogens with zero attached hydrogens (tertiary/aromatic N) is 1. The SMILES string of the molecule is NN.NNN1CCOCC1. The summed E-state index contributed by atoms with van der Waals surface area (Å²) in [5.41, 5.74) is 2.56. The molecule has 1 aliphatic rings. The van der Waals surface area contributed by atoms with Crippen molar-refractivity contribution in [2.45, 2.75) is 0 Å². The molecule has 0 radical (unpaired) electrons. The van der Waals surface area contributed by atoms with E-state index in [0.29, 0.717) is 0 Å². The number of hydrazine groups is 3. The maximum atomic E-state index is 5.12. The van der Waals surface area contributed by atoms with Gasteiger partial charge in [0.1, 0.15) is 0 Å². The number of nitrogens with one attached hydrogen (secondary N) is 1. The highest BCUT2D eigenvalue weighted by molar-refractivity contribution is 4.53. The predicted molar refractivity (Wildman–Crippen MR) is 38.1 cm³/mol. The van der Waals surface area contributed by atoms with E-state index in [0.717, 1.165) is 26.3 Å². The van der Waals surface area contributed by atoms with Crippen LogP contribution in [-0.4, -0.2) is 31.3 Å². The van der Waals surface area contributed by atoms with Crippen LogP contribution in [-0.2, 0) is 4.74 Å². The molecule has 1 aliphatic heterocycles. The second kappa shape index (κ2) is 6.87. The number of hydrogen-bond donors (Lipinski definition) is 4. The molecule has 0 aromatic rings. The zero-order chi connectivity index (χ0) is 7.82. The molecule has 6 nitrogen and oxygen atoms in total. The van der Waals surface area contributed by atoms with Crippen LogP contribution in [0.2, 0.25) is 0 Å². The van der Waals surface area contributed by atoms with Gasteiger partial charge in [-0.25, -0.2) is 5.01 Å². The van der Waals surface area contributed by atoms with E-state index in [-0.39, 0.29) is 0 Å². The topological polar surface area (TPSA) is 103 Å². The molecule has 1 fully saturated rings. The molecule has 62 valence electrons. The molecule has 0 spiro atoms. The van der Waals surface area contributed by atoms with Gasteiger partial charge in [-0.3, -0.25) is 17.5 Å². The minimum Gasteiger partial charge on any atom is -0.379 e. The molecule has 0 saturated carbocycles. The first-order chi connectivity index (χ1) is 4.93. The van der Waals surface area contributed by atoms with E-state index in [4.69, 9.17) is 10.6 Å². The Hall–Kier alpha value is -0.240. The number of rotatable bonds is 1. The van der Waals surface area contributed by atoms with Gasteiger partial charge in [0.2, 0.25) is 0 Å². The maximum Gasteiger partial charge on any atom is 0.0608 e. The van der Waals surface area contributed by atoms with Crippen LogP contribution in [0.15, 0.2) is 0 Å². The Labute approximate surface area is 60.2 Å². The highest BCUT2D eigenvalue weighted by Crippen LogP contribution is 1.89. The summed E-state index contributed by atoms with van der Waals surface area (Å²) in [5, 5.41) is 1.92. The molecular formula is C4H15N5O. The third-order valence-electron chi connectivity index (χ3n) is 1.19. The lowest BCUT2D eigenvalue weighted by Crippen LogP contribution is -2.48. The Bertz CT molecular complexity index is 64.7. The monoisotopic (exact) mass is 149 g/mol. The lowest BCUT2D eigenvalue weighted by atomic mass is 10.5. The van der Waals surface area contributed by atoms with Crippen LogP contribution >= 0.6 is 0 Å². The van der Waals surface area contributed by atoms with Gasteiger partial charge in [0.25, 0.3) is 0 Å². The van der Waals surface area contributed by atoms with Gasteiger partial charge >= 0.3 is 0 Å². The summed E-state index contributed by atoms with van der Waals surface area (Å²) >= 11 is 0. The summed E-state index contributed by atoms with van der Waals surface area (Å²) in [6.07, 6.45) is 0. The Balaban J connectivity index is 0.000000371. The molecule has 0 aromatic carbocycles. The zero-order valence-electron chi connectivity index (χ0n) is 5.92. The third-order valence-corrected chi connectivity index (χ3v) is 1.19. The Morgan fingerprint density at radius 1 is 1.20 bits per heavy atom. The molecule has 0 amide bonds. The average Bonchev–Trinajstić information content (AvgIpc) is 2.10. The molecule has 7 N–H and O–H groups in total. The molecule has 0 aliphatic carbocycles. The lowest BCUT2D eigenvalue weighted by Gasteiger charge is -2.24. The Kier molecular flexibility index (Phi) is 6.71. The van der Waals surface area contributed by atoms with Crippen molar-refractivity contribution in [3.63, 3.8) is 0 Å². The van der Waals surface area contributed by atoms with Crippen LogP contribution in [0.1, 0.15) is 0 Å². The Morgan fingerprint density at radius 3 is 2.00 bits per heavy atom. The van der Waals surface area contributed by atoms with Crippen LogP contribution in [0.5, 0.6) is 0 Å². The van der Waals surface area contributed by atoms with E-state index in [9.17, 15) is 0 Å². The van der Waals surface area contributed by atoms with Gasteiger partial charge in [0.15, 0.2) is 0 Å². The number of nitrogens with two attached hydrogens (primary N) is 3. The molecule has 6 heteroatoms. The molecule has 0 aromatic heterocycles. The van der Waals surface area contributed by atoms with Crippen LogP contribution in [0.4, 0.5) is 0 Å². The van der Waals surface area contributed by atoms with Gasteiger partial charge in [0, 0.05) is 13.1 Å². The fraction of sp³-hybridized carbons (Fsp3) is 1.00. The second-order valence-electron chi connectivity index (χ2n) is 1.73. The van der Waals surface area contributed by atoms with Crippen molar-refractivity contribution in [3.05, 3.63) is 0 Å². The standard InChI is InChI=1S/C4H11N3O.H4N2/c5-6-7-1-3-8-4-2-7;1-2/h6H,1-5H2;1-2H2. The molecule has 0 bridgehead atoms. The molecular weight excluding hydrogens is 134 g/mol. The second-order valence-corrected chi connectivity index (χ2v) is 1.73. The van der Waals surface area contributed by atoms with E-state index >= 15 is 0 Å². The number of hydrogen-bond acceptors (Lipinski definition) is 6. The van der Waals surface area contributed by atoms with Crippen molar-refractivity contribution >= 4 is 0 Å². The van der Waals surface area contributed by atoms with E-state index in [1.807, 2.05) is 5.01 Å². The summed E-state index contributed by atoms with van der Waals surface area (Å²) in [7, 11) is 0. The van der Waals surface area contributed by atoms with E-state index < -0.39 is 0 Å². The highest BCUT2D eigenvalue weighted by atomic mass is 16.5. The minimum absolute atomic E-state index is 0.782. The smallest absolute Gasteiger partial charge is 0.0608 e. The summed E-state index contributed by atoms with van der Waals surface area (Å²) < 4.78 is 5.06. The summed E-state index contributed by atoms with van der Waals surface area (Å²) in [6, 6.07) is 0. The molecule has 1 heterocycles. The van der Waals surface area contributed by atoms with E-state index in [1.54, 1.807) is 0 Å². The van der Waals surface area contributed by atoms with Crippen molar-refractivity contribution in [1.29, 1.82) is 0 Å². The quantitative estimate of drug-likeness (QED) is 0.243. The van der Waals surface area contributed by atoms with Crippen molar-refractivity contribution in [1.82, 2.24) is 10.5 Å². The predicted octanol–water partition coefficient (Wildman–Crippen LogP) is -2.48. The lowest BCUT2D eigenvalue weighted by molar-refractivity contribution is 0.0120. The number of morpholine rings is 1. The van der Waals surface area contributed by atoms with Crippen LogP contribution < -0.4 is 23.1 Å². The summed E-state index contributed by atoms with van der Waals surface area (Å²) in [5.74, 6) is 13.1. The van der Waals surface area contributed by atoms with Crippen LogP contribution in [0.25, 0.3) is 0 Å². The fourth-order valence-electron chi connectivity index (χ4n) is 0.692. The largest absolute Gasteiger partial charge is 0.379 e. The van der Waals surface area contributed by atoms with Gasteiger partial charge in [-0.15, -0.1) is 0 Å². The Morgan fingerprint density at radius 2 is 1.70 bits per heavy atom. The van der Waals surface area contributed by atoms with Gasteiger partial charge in [-0.2, -0.15) is 5.53 Å². The first kappa shape index (κ1) is 9.76. The van der Waals surface area contributed by atoms with Gasteiger partial charge < -0.3 is 4.74 Å². The third kappa shape index (κ3) is 3.72. The molecule has 10 heavy (non-hydrogen) atoms. The molecule has 1 rings (SSSR count). The molecule has 0 atom stereocenters. The molecule has 1 saturated heterocycles. The minimum atomic E-state index is 0.782. The normalized spacial score (nSPS) is 19.5. The van der Waals surface area contributed by atoms with Gasteiger partial charge in [-0.1, -0.05) is 0 Å². The van der Waals surface area contributed by atoms with Crippen molar-refractivity contribution in [3.8, 4) is 0 Å². The van der Waals surface area contributed by atoms with Crippen molar-refractivity contribution in [2.75, 3.05) is 26.3 Å². The number of ether oxygens (including phenoxy) is 1. The van der Waals surface area contributed by atoms with E-state index in [1.165, 1.54) is 0 Å². The summed E-state index contributed by atoms with van der Waals surface area (Å²) in [6.45, 7) is 3.33. The van der Waals surface area contributed by atoms with Crippen molar-refractivity contribution in [2.24, 2.45) is 17.5 Å². The van der Waals surface area contributed by atoms with Crippen LogP contribution in [0, 0.1) is 0 Å². The van der Waals surface area contributed by atoms with Crippen LogP contribution in [0.3, 0.4) is 0 Å². The first-order valence-corrected chi connectivity index (χ1v) is 3.06. The average molecular weight is 149 g/mol. The van der Waals surface area contributed by atoms with Gasteiger partial charge in [-0.05, 0) is 0 Å². The maximum absolute atomic E-state index is 5.12. The van der Waals surface area contributed by atoms with E-state index in [2.05, 4.69) is 17.2 Å². The summed E-state index contributed by atoms with van der Waals surface area (Å²) in [4.78, 5) is 0. The van der Waals surface area contributed by atoms with Gasteiger partial charge in [0.05, 0.1) is 13.2 Å².